The molecule has 2 aromatic heterocycles. The number of hydrogen-bond donors (Lipinski definition) is 1. The summed E-state index contributed by atoms with van der Waals surface area (Å²) < 4.78 is 6.52. The second-order valence-electron chi connectivity index (χ2n) is 3.02. The smallest absolute Gasteiger partial charge is 0.264 e. The molecule has 1 amide bonds. The minimum atomic E-state index is -0.278. The Balaban J connectivity index is 2.20. The van der Waals surface area contributed by atoms with E-state index in [1.54, 1.807) is 24.8 Å². The third-order valence-corrected chi connectivity index (χ3v) is 2.57. The van der Waals surface area contributed by atoms with Crippen LogP contribution in [-0.4, -0.2) is 27.8 Å². The van der Waals surface area contributed by atoms with Crippen molar-refractivity contribution in [1.29, 1.82) is 0 Å². The molecule has 1 N–H and O–H groups in total. The van der Waals surface area contributed by atoms with Crippen molar-refractivity contribution in [1.82, 2.24) is 14.8 Å². The van der Waals surface area contributed by atoms with Crippen LogP contribution in [0.3, 0.4) is 0 Å². The molecule has 2 heterocycles. The number of hydrogen-bond acceptors (Lipinski definition) is 5. The highest BCUT2D eigenvalue weighted by Crippen LogP contribution is 2.18. The summed E-state index contributed by atoms with van der Waals surface area (Å²) in [6, 6.07) is 0. The van der Waals surface area contributed by atoms with Crippen LogP contribution >= 0.6 is 11.3 Å². The monoisotopic (exact) mass is 238 g/mol. The Hall–Kier alpha value is -1.89. The number of anilines is 1. The summed E-state index contributed by atoms with van der Waals surface area (Å²) in [5.41, 5.74) is 0.389. The molecule has 2 rings (SSSR count). The van der Waals surface area contributed by atoms with Crippen LogP contribution in [0.2, 0.25) is 0 Å². The molecule has 0 saturated heterocycles. The molecule has 16 heavy (non-hydrogen) atoms. The Morgan fingerprint density at radius 3 is 3.06 bits per heavy atom. The van der Waals surface area contributed by atoms with Gasteiger partial charge in [-0.1, -0.05) is 0 Å². The van der Waals surface area contributed by atoms with Crippen molar-refractivity contribution in [2.75, 3.05) is 12.4 Å². The summed E-state index contributed by atoms with van der Waals surface area (Å²) in [5.74, 6) is 0.0245. The first-order valence-electron chi connectivity index (χ1n) is 4.49. The lowest BCUT2D eigenvalue weighted by Gasteiger charge is -2.00. The van der Waals surface area contributed by atoms with E-state index in [2.05, 4.69) is 15.4 Å². The van der Waals surface area contributed by atoms with Gasteiger partial charge in [0.2, 0.25) is 5.88 Å². The lowest BCUT2D eigenvalue weighted by atomic mass is 10.3. The number of carbonyl (C=O) groups is 1. The van der Waals surface area contributed by atoms with Gasteiger partial charge in [0.1, 0.15) is 5.56 Å². The number of aryl methyl sites for hydroxylation is 1. The summed E-state index contributed by atoms with van der Waals surface area (Å²) in [4.78, 5) is 15.8. The molecule has 0 saturated carbocycles. The van der Waals surface area contributed by atoms with Gasteiger partial charge < -0.3 is 4.74 Å². The van der Waals surface area contributed by atoms with Crippen molar-refractivity contribution in [2.45, 2.75) is 0 Å². The summed E-state index contributed by atoms with van der Waals surface area (Å²) in [6.45, 7) is 0. The fourth-order valence-corrected chi connectivity index (χ4v) is 1.75. The number of ether oxygens (including phenoxy) is 1. The molecular formula is C9H10N4O2S. The molecule has 2 aromatic rings. The van der Waals surface area contributed by atoms with Crippen LogP contribution in [0.4, 0.5) is 5.13 Å². The van der Waals surface area contributed by atoms with Crippen LogP contribution in [0.1, 0.15) is 10.4 Å². The van der Waals surface area contributed by atoms with Crippen LogP contribution in [0.25, 0.3) is 0 Å². The molecule has 84 valence electrons. The molecule has 0 fully saturated rings. The maximum Gasteiger partial charge on any atom is 0.264 e. The Morgan fingerprint density at radius 1 is 1.62 bits per heavy atom. The molecule has 0 aliphatic heterocycles. The quantitative estimate of drug-likeness (QED) is 0.870. The maximum absolute atomic E-state index is 11.8. The van der Waals surface area contributed by atoms with E-state index in [4.69, 9.17) is 4.74 Å². The second-order valence-corrected chi connectivity index (χ2v) is 3.91. The molecule has 0 spiro atoms. The number of amides is 1. The first-order valence-corrected chi connectivity index (χ1v) is 5.37. The lowest BCUT2D eigenvalue weighted by molar-refractivity contribution is 0.102. The normalized spacial score (nSPS) is 10.1. The van der Waals surface area contributed by atoms with Gasteiger partial charge in [0.25, 0.3) is 5.91 Å². The Morgan fingerprint density at radius 2 is 2.44 bits per heavy atom. The molecule has 0 bridgehead atoms. The Labute approximate surface area is 95.9 Å². The predicted molar refractivity (Wildman–Crippen MR) is 59.8 cm³/mol. The van der Waals surface area contributed by atoms with Gasteiger partial charge in [0, 0.05) is 24.8 Å². The Bertz CT molecular complexity index is 492. The number of thiazole rings is 1. The number of carbonyl (C=O) groups excluding carboxylic acids is 1. The second kappa shape index (κ2) is 4.31. The summed E-state index contributed by atoms with van der Waals surface area (Å²) in [7, 11) is 3.20. The van der Waals surface area contributed by atoms with E-state index < -0.39 is 0 Å². The van der Waals surface area contributed by atoms with Crippen LogP contribution in [0.5, 0.6) is 5.88 Å². The molecule has 6 nitrogen and oxygen atoms in total. The topological polar surface area (TPSA) is 69.0 Å². The third-order valence-electron chi connectivity index (χ3n) is 1.89. The molecule has 7 heteroatoms. The van der Waals surface area contributed by atoms with Gasteiger partial charge in [-0.15, -0.1) is 16.4 Å². The van der Waals surface area contributed by atoms with Crippen molar-refractivity contribution in [3.8, 4) is 5.88 Å². The van der Waals surface area contributed by atoms with Crippen molar-refractivity contribution in [3.05, 3.63) is 23.3 Å². The first kappa shape index (κ1) is 10.6. The fraction of sp³-hybridized carbons (Fsp3) is 0.222. The van der Waals surface area contributed by atoms with E-state index in [0.717, 1.165) is 0 Å². The van der Waals surface area contributed by atoms with E-state index >= 15 is 0 Å². The van der Waals surface area contributed by atoms with Crippen LogP contribution < -0.4 is 10.1 Å². The zero-order valence-corrected chi connectivity index (χ0v) is 9.61. The van der Waals surface area contributed by atoms with Crippen LogP contribution in [-0.2, 0) is 7.05 Å². The van der Waals surface area contributed by atoms with Gasteiger partial charge in [-0.05, 0) is 0 Å². The number of methoxy groups -OCH3 is 1. The summed E-state index contributed by atoms with van der Waals surface area (Å²) >= 11 is 1.36. The third kappa shape index (κ3) is 2.03. The minimum Gasteiger partial charge on any atom is -0.479 e. The number of rotatable bonds is 3. The molecule has 0 radical (unpaired) electrons. The zero-order valence-electron chi connectivity index (χ0n) is 8.80. The average molecular weight is 238 g/mol. The highest BCUT2D eigenvalue weighted by Gasteiger charge is 2.16. The minimum absolute atomic E-state index is 0.278. The maximum atomic E-state index is 11.8. The van der Waals surface area contributed by atoms with Gasteiger partial charge in [0.15, 0.2) is 5.13 Å². The molecule has 0 unspecified atom stereocenters. The van der Waals surface area contributed by atoms with Crippen LogP contribution in [0.15, 0.2) is 17.8 Å². The van der Waals surface area contributed by atoms with Gasteiger partial charge >= 0.3 is 0 Å². The van der Waals surface area contributed by atoms with E-state index in [-0.39, 0.29) is 5.91 Å². The molecular weight excluding hydrogens is 228 g/mol. The van der Waals surface area contributed by atoms with Gasteiger partial charge in [0.05, 0.1) is 7.11 Å². The number of nitrogens with one attached hydrogen (secondary N) is 1. The Kier molecular flexibility index (Phi) is 2.86. The fourth-order valence-electron chi connectivity index (χ4n) is 1.22. The van der Waals surface area contributed by atoms with Crippen LogP contribution in [0, 0.1) is 0 Å². The average Bonchev–Trinajstić information content (AvgIpc) is 2.86. The molecule has 0 atom stereocenters. The zero-order chi connectivity index (χ0) is 11.5. The summed E-state index contributed by atoms with van der Waals surface area (Å²) in [5, 5.41) is 9.00. The van der Waals surface area contributed by atoms with E-state index in [0.29, 0.717) is 16.6 Å². The van der Waals surface area contributed by atoms with Gasteiger partial charge in [-0.2, -0.15) is 0 Å². The largest absolute Gasteiger partial charge is 0.479 e. The van der Waals surface area contributed by atoms with Crippen molar-refractivity contribution >= 4 is 22.4 Å². The molecule has 0 aliphatic carbocycles. The molecule has 0 aliphatic rings. The van der Waals surface area contributed by atoms with E-state index in [1.165, 1.54) is 23.1 Å². The highest BCUT2D eigenvalue weighted by atomic mass is 32.1. The lowest BCUT2D eigenvalue weighted by Crippen LogP contribution is -2.11. The SMILES string of the molecule is COc1nn(C)cc1C(=O)Nc1nccs1. The van der Waals surface area contributed by atoms with Crippen molar-refractivity contribution < 1.29 is 9.53 Å². The molecule has 0 aromatic carbocycles. The van der Waals surface area contributed by atoms with E-state index in [1.807, 2.05) is 0 Å². The first-order chi connectivity index (χ1) is 7.70. The standard InChI is InChI=1S/C9H10N4O2S/c1-13-5-6(8(12-13)15-2)7(14)11-9-10-3-4-16-9/h3-5H,1-2H3,(H,10,11,14). The van der Waals surface area contributed by atoms with Gasteiger partial charge in [-0.25, -0.2) is 4.98 Å². The number of nitrogens with zero attached hydrogens (tertiary/aromatic N) is 3. The van der Waals surface area contributed by atoms with E-state index in [9.17, 15) is 4.79 Å². The predicted octanol–water partition coefficient (Wildman–Crippen LogP) is 1.14. The van der Waals surface area contributed by atoms with Crippen molar-refractivity contribution in [2.24, 2.45) is 7.05 Å². The van der Waals surface area contributed by atoms with Gasteiger partial charge in [-0.3, -0.25) is 14.8 Å². The highest BCUT2D eigenvalue weighted by molar-refractivity contribution is 7.13. The summed E-state index contributed by atoms with van der Waals surface area (Å²) in [6.07, 6.45) is 3.22. The van der Waals surface area contributed by atoms with Crippen molar-refractivity contribution in [3.63, 3.8) is 0 Å². The number of aromatic nitrogens is 3.